The van der Waals surface area contributed by atoms with Crippen LogP contribution in [-0.2, 0) is 16.1 Å². The SMILES string of the molecule is COCCN(CC1CCN(Cc2ccccc2F)CC1)C(=O)C(C)n1cncn1. The molecule has 158 valence electrons. The summed E-state index contributed by atoms with van der Waals surface area (Å²) in [4.78, 5) is 21.1. The minimum Gasteiger partial charge on any atom is -0.383 e. The van der Waals surface area contributed by atoms with Crippen molar-refractivity contribution >= 4 is 5.91 Å². The molecule has 0 N–H and O–H groups in total. The number of halogens is 1. The number of hydrogen-bond acceptors (Lipinski definition) is 5. The molecule has 1 atom stereocenters. The molecule has 0 saturated carbocycles. The third-order valence-corrected chi connectivity index (χ3v) is 5.61. The van der Waals surface area contributed by atoms with Gasteiger partial charge in [0.1, 0.15) is 24.5 Å². The van der Waals surface area contributed by atoms with Crippen molar-refractivity contribution in [3.63, 3.8) is 0 Å². The van der Waals surface area contributed by atoms with Crippen LogP contribution in [0, 0.1) is 11.7 Å². The number of nitrogens with zero attached hydrogens (tertiary/aromatic N) is 5. The highest BCUT2D eigenvalue weighted by Crippen LogP contribution is 2.22. The predicted molar refractivity (Wildman–Crippen MR) is 108 cm³/mol. The topological polar surface area (TPSA) is 63.5 Å². The predicted octanol–water partition coefficient (Wildman–Crippen LogP) is 2.37. The van der Waals surface area contributed by atoms with E-state index in [2.05, 4.69) is 15.0 Å². The van der Waals surface area contributed by atoms with E-state index in [1.807, 2.05) is 24.0 Å². The van der Waals surface area contributed by atoms with Crippen molar-refractivity contribution in [2.75, 3.05) is 39.9 Å². The Hall–Kier alpha value is -2.32. The molecule has 1 aliphatic rings. The first-order valence-corrected chi connectivity index (χ1v) is 10.2. The van der Waals surface area contributed by atoms with Gasteiger partial charge in [-0.15, -0.1) is 0 Å². The lowest BCUT2D eigenvalue weighted by atomic mass is 9.95. The molecule has 0 bridgehead atoms. The monoisotopic (exact) mass is 403 g/mol. The summed E-state index contributed by atoms with van der Waals surface area (Å²) in [6.45, 7) is 6.05. The lowest BCUT2D eigenvalue weighted by molar-refractivity contribution is -0.136. The molecule has 1 amide bonds. The van der Waals surface area contributed by atoms with Gasteiger partial charge >= 0.3 is 0 Å². The first-order chi connectivity index (χ1) is 14.1. The van der Waals surface area contributed by atoms with Gasteiger partial charge in [-0.1, -0.05) is 18.2 Å². The minimum absolute atomic E-state index is 0.0290. The zero-order valence-electron chi connectivity index (χ0n) is 17.2. The molecule has 29 heavy (non-hydrogen) atoms. The third kappa shape index (κ3) is 5.83. The zero-order valence-corrected chi connectivity index (χ0v) is 17.2. The van der Waals surface area contributed by atoms with Crippen LogP contribution in [0.1, 0.15) is 31.4 Å². The fraction of sp³-hybridized carbons (Fsp3) is 0.571. The Bertz CT molecular complexity index is 762. The van der Waals surface area contributed by atoms with E-state index in [-0.39, 0.29) is 11.7 Å². The summed E-state index contributed by atoms with van der Waals surface area (Å²) in [5, 5.41) is 4.09. The van der Waals surface area contributed by atoms with Gasteiger partial charge in [0.2, 0.25) is 5.91 Å². The van der Waals surface area contributed by atoms with Crippen LogP contribution in [0.2, 0.25) is 0 Å². The van der Waals surface area contributed by atoms with E-state index in [9.17, 15) is 9.18 Å². The first kappa shape index (κ1) is 21.4. The standard InChI is InChI=1S/C21H30FN5O2/c1-17(27-16-23-15-24-27)21(28)26(11-12-29-2)13-18-7-9-25(10-8-18)14-19-5-3-4-6-20(19)22/h3-6,15-18H,7-14H2,1-2H3. The van der Waals surface area contributed by atoms with Gasteiger partial charge in [-0.25, -0.2) is 14.1 Å². The minimum atomic E-state index is -0.393. The van der Waals surface area contributed by atoms with E-state index in [1.54, 1.807) is 24.2 Å². The highest BCUT2D eigenvalue weighted by atomic mass is 19.1. The van der Waals surface area contributed by atoms with Gasteiger partial charge in [-0.2, -0.15) is 5.10 Å². The highest BCUT2D eigenvalue weighted by Gasteiger charge is 2.27. The lowest BCUT2D eigenvalue weighted by Crippen LogP contribution is -2.44. The Morgan fingerprint density at radius 1 is 1.34 bits per heavy atom. The van der Waals surface area contributed by atoms with Crippen LogP contribution in [0.4, 0.5) is 4.39 Å². The molecule has 3 rings (SSSR count). The summed E-state index contributed by atoms with van der Waals surface area (Å²) in [7, 11) is 1.64. The molecule has 1 aromatic heterocycles. The number of rotatable bonds is 9. The van der Waals surface area contributed by atoms with Crippen molar-refractivity contribution in [1.29, 1.82) is 0 Å². The summed E-state index contributed by atoms with van der Waals surface area (Å²) in [5.41, 5.74) is 0.740. The maximum absolute atomic E-state index is 13.9. The molecular formula is C21H30FN5O2. The largest absolute Gasteiger partial charge is 0.383 e. The summed E-state index contributed by atoms with van der Waals surface area (Å²) in [6.07, 6.45) is 4.98. The smallest absolute Gasteiger partial charge is 0.247 e. The lowest BCUT2D eigenvalue weighted by Gasteiger charge is -2.35. The molecule has 2 heterocycles. The van der Waals surface area contributed by atoms with Crippen molar-refractivity contribution in [1.82, 2.24) is 24.6 Å². The molecule has 0 radical (unpaired) electrons. The quantitative estimate of drug-likeness (QED) is 0.643. The van der Waals surface area contributed by atoms with Crippen molar-refractivity contribution < 1.29 is 13.9 Å². The number of amides is 1. The molecule has 1 saturated heterocycles. The zero-order chi connectivity index (χ0) is 20.6. The number of benzene rings is 1. The second kappa shape index (κ2) is 10.5. The average molecular weight is 404 g/mol. The molecule has 8 heteroatoms. The second-order valence-corrected chi connectivity index (χ2v) is 7.64. The first-order valence-electron chi connectivity index (χ1n) is 10.2. The third-order valence-electron chi connectivity index (χ3n) is 5.61. The molecule has 0 spiro atoms. The molecule has 1 unspecified atom stereocenters. The Kier molecular flexibility index (Phi) is 7.71. The summed E-state index contributed by atoms with van der Waals surface area (Å²) in [5.74, 6) is 0.310. The average Bonchev–Trinajstić information content (AvgIpc) is 3.28. The Morgan fingerprint density at radius 3 is 2.76 bits per heavy atom. The van der Waals surface area contributed by atoms with E-state index in [4.69, 9.17) is 4.74 Å². The maximum Gasteiger partial charge on any atom is 0.247 e. The summed E-state index contributed by atoms with van der Waals surface area (Å²) in [6, 6.07) is 6.56. The molecule has 0 aliphatic carbocycles. The van der Waals surface area contributed by atoms with Crippen molar-refractivity contribution in [2.45, 2.75) is 32.4 Å². The van der Waals surface area contributed by atoms with Crippen molar-refractivity contribution in [3.05, 3.63) is 48.3 Å². The number of aromatic nitrogens is 3. The van der Waals surface area contributed by atoms with Gasteiger partial charge in [0.15, 0.2) is 0 Å². The van der Waals surface area contributed by atoms with E-state index >= 15 is 0 Å². The number of piperidine rings is 1. The normalized spacial score (nSPS) is 16.7. The number of methoxy groups -OCH3 is 1. The molecule has 1 aromatic carbocycles. The van der Waals surface area contributed by atoms with Crippen molar-refractivity contribution in [2.24, 2.45) is 5.92 Å². The fourth-order valence-electron chi connectivity index (χ4n) is 3.79. The van der Waals surface area contributed by atoms with Gasteiger partial charge in [0.25, 0.3) is 0 Å². The van der Waals surface area contributed by atoms with Gasteiger partial charge in [-0.3, -0.25) is 9.69 Å². The molecule has 7 nitrogen and oxygen atoms in total. The van der Waals surface area contributed by atoms with Crippen LogP contribution in [0.3, 0.4) is 0 Å². The number of carbonyl (C=O) groups is 1. The fourth-order valence-corrected chi connectivity index (χ4v) is 3.79. The van der Waals surface area contributed by atoms with Crippen LogP contribution in [0.25, 0.3) is 0 Å². The van der Waals surface area contributed by atoms with Gasteiger partial charge in [-0.05, 0) is 44.8 Å². The van der Waals surface area contributed by atoms with Gasteiger partial charge in [0.05, 0.1) is 6.61 Å². The van der Waals surface area contributed by atoms with E-state index in [0.29, 0.717) is 32.2 Å². The summed E-state index contributed by atoms with van der Waals surface area (Å²) < 4.78 is 20.7. The van der Waals surface area contributed by atoms with Crippen LogP contribution in [0.5, 0.6) is 0 Å². The second-order valence-electron chi connectivity index (χ2n) is 7.64. The van der Waals surface area contributed by atoms with Gasteiger partial charge in [0, 0.05) is 32.3 Å². The van der Waals surface area contributed by atoms with Crippen LogP contribution in [0.15, 0.2) is 36.9 Å². The van der Waals surface area contributed by atoms with Crippen molar-refractivity contribution in [3.8, 4) is 0 Å². The van der Waals surface area contributed by atoms with Crippen LogP contribution >= 0.6 is 0 Å². The highest BCUT2D eigenvalue weighted by molar-refractivity contribution is 5.80. The van der Waals surface area contributed by atoms with E-state index in [0.717, 1.165) is 31.5 Å². The Balaban J connectivity index is 1.54. The number of carbonyl (C=O) groups excluding carboxylic acids is 1. The number of likely N-dealkylation sites (tertiary alicyclic amines) is 1. The Labute approximate surface area is 171 Å². The van der Waals surface area contributed by atoms with Crippen LogP contribution < -0.4 is 0 Å². The number of ether oxygens (including phenoxy) is 1. The molecule has 2 aromatic rings. The molecule has 1 aliphatic heterocycles. The Morgan fingerprint density at radius 2 is 2.10 bits per heavy atom. The van der Waals surface area contributed by atoms with E-state index in [1.165, 1.54) is 12.4 Å². The molecular weight excluding hydrogens is 373 g/mol. The maximum atomic E-state index is 13.9. The summed E-state index contributed by atoms with van der Waals surface area (Å²) >= 11 is 0. The number of hydrogen-bond donors (Lipinski definition) is 0. The van der Waals surface area contributed by atoms with Crippen LogP contribution in [-0.4, -0.2) is 70.4 Å². The van der Waals surface area contributed by atoms with E-state index < -0.39 is 6.04 Å². The molecule has 1 fully saturated rings. The van der Waals surface area contributed by atoms with Gasteiger partial charge < -0.3 is 9.64 Å².